The Bertz CT molecular complexity index is 1790. The average molecular weight is 486 g/mol. The Labute approximate surface area is 204 Å². The molecule has 0 fully saturated rings. The molecule has 6 nitrogen and oxygen atoms in total. The lowest BCUT2D eigenvalue weighted by Crippen LogP contribution is -2.21. The molecule has 0 aliphatic heterocycles. The zero-order chi connectivity index (χ0) is 23.4. The van der Waals surface area contributed by atoms with Crippen molar-refractivity contribution < 1.29 is 0 Å². The SMILES string of the molecule is Cc1ccc(Cn2cnc3c(c2=O)c2nc4ccccc4nc2n3-c2ccc(Cl)c(Cl)c2)cc1. The van der Waals surface area contributed by atoms with Gasteiger partial charge in [-0.3, -0.25) is 13.9 Å². The molecule has 166 valence electrons. The maximum absolute atomic E-state index is 13.7. The van der Waals surface area contributed by atoms with E-state index in [1.54, 1.807) is 23.0 Å². The van der Waals surface area contributed by atoms with Crippen LogP contribution in [-0.2, 0) is 6.54 Å². The number of aryl methyl sites for hydroxylation is 1. The van der Waals surface area contributed by atoms with Crippen molar-refractivity contribution in [2.45, 2.75) is 13.5 Å². The van der Waals surface area contributed by atoms with Gasteiger partial charge < -0.3 is 0 Å². The predicted octanol–water partition coefficient (Wildman–Crippen LogP) is 5.95. The number of benzene rings is 3. The molecule has 3 aromatic carbocycles. The highest BCUT2D eigenvalue weighted by atomic mass is 35.5. The lowest BCUT2D eigenvalue weighted by atomic mass is 10.1. The van der Waals surface area contributed by atoms with Gasteiger partial charge >= 0.3 is 0 Å². The van der Waals surface area contributed by atoms with Crippen LogP contribution in [0, 0.1) is 6.92 Å². The minimum absolute atomic E-state index is 0.182. The second-order valence-electron chi connectivity index (χ2n) is 8.18. The molecular formula is C26H17Cl2N5O. The fourth-order valence-corrected chi connectivity index (χ4v) is 4.44. The van der Waals surface area contributed by atoms with Crippen LogP contribution in [0.2, 0.25) is 10.0 Å². The van der Waals surface area contributed by atoms with Crippen molar-refractivity contribution in [1.29, 1.82) is 0 Å². The normalized spacial score (nSPS) is 11.6. The second kappa shape index (κ2) is 7.94. The molecule has 8 heteroatoms. The highest BCUT2D eigenvalue weighted by Crippen LogP contribution is 2.31. The Kier molecular flexibility index (Phi) is 4.86. The summed E-state index contributed by atoms with van der Waals surface area (Å²) < 4.78 is 3.41. The Morgan fingerprint density at radius 1 is 0.853 bits per heavy atom. The number of fused-ring (bicyclic) bond motifs is 4. The molecule has 0 atom stereocenters. The number of rotatable bonds is 3. The lowest BCUT2D eigenvalue weighted by Gasteiger charge is -2.09. The standard InChI is InChI=1S/C26H17Cl2N5O/c1-15-6-8-16(9-7-15)13-32-14-29-24-22(26(32)34)23-25(31-21-5-3-2-4-20(21)30-23)33(24)17-10-11-18(27)19(28)12-17/h2-12,14H,13H2,1H3. The first-order valence-corrected chi connectivity index (χ1v) is 11.4. The average Bonchev–Trinajstić information content (AvgIpc) is 3.16. The molecule has 0 amide bonds. The van der Waals surface area contributed by atoms with Crippen LogP contribution in [0.3, 0.4) is 0 Å². The Balaban J connectivity index is 1.67. The number of aromatic nitrogens is 5. The largest absolute Gasteiger partial charge is 0.294 e. The van der Waals surface area contributed by atoms with Crippen molar-refractivity contribution in [3.8, 4) is 5.69 Å². The molecular weight excluding hydrogens is 469 g/mol. The number of hydrogen-bond donors (Lipinski definition) is 0. The first-order chi connectivity index (χ1) is 16.5. The van der Waals surface area contributed by atoms with Crippen molar-refractivity contribution in [3.63, 3.8) is 0 Å². The van der Waals surface area contributed by atoms with E-state index in [0.717, 1.165) is 16.6 Å². The summed E-state index contributed by atoms with van der Waals surface area (Å²) in [5.74, 6) is 0. The van der Waals surface area contributed by atoms with Crippen LogP contribution in [0.25, 0.3) is 38.9 Å². The molecule has 3 aromatic heterocycles. The predicted molar refractivity (Wildman–Crippen MR) is 136 cm³/mol. The third-order valence-corrected chi connectivity index (χ3v) is 6.60. The summed E-state index contributed by atoms with van der Waals surface area (Å²) in [4.78, 5) is 28.1. The van der Waals surface area contributed by atoms with Gasteiger partial charge in [0.25, 0.3) is 5.56 Å². The molecule has 0 aliphatic rings. The summed E-state index contributed by atoms with van der Waals surface area (Å²) in [5, 5.41) is 1.25. The lowest BCUT2D eigenvalue weighted by molar-refractivity contribution is 0.746. The molecule has 0 radical (unpaired) electrons. The van der Waals surface area contributed by atoms with Gasteiger partial charge in [0.05, 0.1) is 33.3 Å². The van der Waals surface area contributed by atoms with Crippen LogP contribution < -0.4 is 5.56 Å². The summed E-state index contributed by atoms with van der Waals surface area (Å²) in [6.07, 6.45) is 1.57. The highest BCUT2D eigenvalue weighted by Gasteiger charge is 2.21. The van der Waals surface area contributed by atoms with Crippen molar-refractivity contribution in [2.75, 3.05) is 0 Å². The second-order valence-corrected chi connectivity index (χ2v) is 8.99. The van der Waals surface area contributed by atoms with E-state index in [2.05, 4.69) is 4.98 Å². The maximum atomic E-state index is 13.7. The minimum atomic E-state index is -0.182. The fourth-order valence-electron chi connectivity index (χ4n) is 4.14. The molecule has 6 aromatic rings. The van der Waals surface area contributed by atoms with E-state index in [1.807, 2.05) is 66.1 Å². The van der Waals surface area contributed by atoms with Crippen LogP contribution in [0.5, 0.6) is 0 Å². The molecule has 0 spiro atoms. The quantitative estimate of drug-likeness (QED) is 0.310. The van der Waals surface area contributed by atoms with Gasteiger partial charge in [0.2, 0.25) is 0 Å². The third kappa shape index (κ3) is 3.34. The number of hydrogen-bond acceptors (Lipinski definition) is 4. The first kappa shape index (κ1) is 20.8. The molecule has 0 saturated carbocycles. The summed E-state index contributed by atoms with van der Waals surface area (Å²) in [6.45, 7) is 2.44. The van der Waals surface area contributed by atoms with Gasteiger partial charge in [-0.2, -0.15) is 0 Å². The van der Waals surface area contributed by atoms with E-state index in [9.17, 15) is 4.79 Å². The monoisotopic (exact) mass is 485 g/mol. The van der Waals surface area contributed by atoms with E-state index in [0.29, 0.717) is 50.0 Å². The van der Waals surface area contributed by atoms with Gasteiger partial charge in [0, 0.05) is 0 Å². The van der Waals surface area contributed by atoms with Gasteiger partial charge in [-0.15, -0.1) is 0 Å². The van der Waals surface area contributed by atoms with E-state index in [4.69, 9.17) is 33.2 Å². The zero-order valence-electron chi connectivity index (χ0n) is 18.0. The van der Waals surface area contributed by atoms with Crippen molar-refractivity contribution in [2.24, 2.45) is 0 Å². The Morgan fingerprint density at radius 2 is 1.59 bits per heavy atom. The van der Waals surface area contributed by atoms with Crippen molar-refractivity contribution in [3.05, 3.63) is 105 Å². The summed E-state index contributed by atoms with van der Waals surface area (Å²) in [5.41, 5.74) is 5.61. The van der Waals surface area contributed by atoms with E-state index >= 15 is 0 Å². The van der Waals surface area contributed by atoms with E-state index in [-0.39, 0.29) is 5.56 Å². The molecule has 0 saturated heterocycles. The maximum Gasteiger partial charge on any atom is 0.265 e. The first-order valence-electron chi connectivity index (χ1n) is 10.7. The summed E-state index contributed by atoms with van der Waals surface area (Å²) in [6, 6.07) is 20.9. The van der Waals surface area contributed by atoms with Crippen LogP contribution in [0.1, 0.15) is 11.1 Å². The molecule has 0 aliphatic carbocycles. The number of nitrogens with zero attached hydrogens (tertiary/aromatic N) is 5. The molecule has 0 unspecified atom stereocenters. The van der Waals surface area contributed by atoms with Gasteiger partial charge in [0.15, 0.2) is 11.3 Å². The molecule has 3 heterocycles. The van der Waals surface area contributed by atoms with Gasteiger partial charge in [-0.25, -0.2) is 15.0 Å². The molecule has 0 bridgehead atoms. The van der Waals surface area contributed by atoms with Gasteiger partial charge in [0.1, 0.15) is 17.2 Å². The number of halogens is 2. The molecule has 6 rings (SSSR count). The van der Waals surface area contributed by atoms with E-state index < -0.39 is 0 Å². The minimum Gasteiger partial charge on any atom is -0.294 e. The van der Waals surface area contributed by atoms with Crippen molar-refractivity contribution >= 4 is 56.4 Å². The zero-order valence-corrected chi connectivity index (χ0v) is 19.5. The van der Waals surface area contributed by atoms with Crippen LogP contribution >= 0.6 is 23.2 Å². The molecule has 0 N–H and O–H groups in total. The van der Waals surface area contributed by atoms with Crippen molar-refractivity contribution in [1.82, 2.24) is 24.1 Å². The third-order valence-electron chi connectivity index (χ3n) is 5.87. The van der Waals surface area contributed by atoms with Gasteiger partial charge in [-0.1, -0.05) is 65.2 Å². The summed E-state index contributed by atoms with van der Waals surface area (Å²) >= 11 is 12.5. The molecule has 34 heavy (non-hydrogen) atoms. The Morgan fingerprint density at radius 3 is 2.32 bits per heavy atom. The fraction of sp³-hybridized carbons (Fsp3) is 0.0769. The van der Waals surface area contributed by atoms with Crippen LogP contribution in [0.4, 0.5) is 0 Å². The van der Waals surface area contributed by atoms with E-state index in [1.165, 1.54) is 0 Å². The van der Waals surface area contributed by atoms with Crippen LogP contribution in [0.15, 0.2) is 77.9 Å². The summed E-state index contributed by atoms with van der Waals surface area (Å²) in [7, 11) is 0. The topological polar surface area (TPSA) is 65.6 Å². The highest BCUT2D eigenvalue weighted by molar-refractivity contribution is 6.42. The van der Waals surface area contributed by atoms with Gasteiger partial charge in [-0.05, 0) is 42.8 Å². The smallest absolute Gasteiger partial charge is 0.265 e. The number of para-hydroxylation sites is 2. The Hall–Kier alpha value is -3.74. The van der Waals surface area contributed by atoms with Crippen LogP contribution in [-0.4, -0.2) is 24.1 Å².